The number of fused-ring (bicyclic) bond motifs is 1. The second-order valence-corrected chi connectivity index (χ2v) is 10.8. The third kappa shape index (κ3) is 5.63. The molecule has 0 bridgehead atoms. The molecule has 1 aliphatic heterocycles. The average Bonchev–Trinajstić information content (AvgIpc) is 3.50. The number of anilines is 3. The first-order valence-electron chi connectivity index (χ1n) is 12.1. The summed E-state index contributed by atoms with van der Waals surface area (Å²) in [6, 6.07) is 17.1. The highest BCUT2D eigenvalue weighted by Gasteiger charge is 2.19. The highest BCUT2D eigenvalue weighted by molar-refractivity contribution is 9.10. The fraction of sp³-hybridized carbons (Fsp3) is 0.269. The van der Waals surface area contributed by atoms with Crippen molar-refractivity contribution in [3.8, 4) is 0 Å². The van der Waals surface area contributed by atoms with Gasteiger partial charge in [-0.1, -0.05) is 22.0 Å². The molecular weight excluding hydrogens is 554 g/mol. The smallest absolute Gasteiger partial charge is 0.279 e. The molecule has 37 heavy (non-hydrogen) atoms. The molecular formula is C26H28BrN7O2S. The van der Waals surface area contributed by atoms with Crippen molar-refractivity contribution in [3.63, 3.8) is 0 Å². The SMILES string of the molecule is CCN(NC(=O)c1cc2c(NC(=O)c3ccc(N4CCN(C)CC4)cc3)[nH]nc2s1)c1cccc(Br)c1. The van der Waals surface area contributed by atoms with E-state index in [4.69, 9.17) is 0 Å². The van der Waals surface area contributed by atoms with E-state index in [0.717, 1.165) is 42.0 Å². The monoisotopic (exact) mass is 581 g/mol. The van der Waals surface area contributed by atoms with Gasteiger partial charge in [0.15, 0.2) is 0 Å². The zero-order chi connectivity index (χ0) is 25.9. The number of rotatable bonds is 7. The predicted molar refractivity (Wildman–Crippen MR) is 153 cm³/mol. The number of thiophene rings is 1. The van der Waals surface area contributed by atoms with E-state index in [1.54, 1.807) is 11.1 Å². The Morgan fingerprint density at radius 2 is 1.84 bits per heavy atom. The third-order valence-corrected chi connectivity index (χ3v) is 7.90. The molecule has 2 aromatic carbocycles. The molecule has 4 aromatic rings. The van der Waals surface area contributed by atoms with Gasteiger partial charge in [-0.15, -0.1) is 11.3 Å². The maximum Gasteiger partial charge on any atom is 0.279 e. The molecule has 2 amide bonds. The molecule has 11 heteroatoms. The molecule has 192 valence electrons. The zero-order valence-corrected chi connectivity index (χ0v) is 23.0. The number of carbonyl (C=O) groups is 2. The van der Waals surface area contributed by atoms with Gasteiger partial charge in [0.2, 0.25) is 0 Å². The highest BCUT2D eigenvalue weighted by Crippen LogP contribution is 2.30. The number of halogens is 1. The van der Waals surface area contributed by atoms with Crippen molar-refractivity contribution in [2.45, 2.75) is 6.92 Å². The van der Waals surface area contributed by atoms with E-state index in [1.807, 2.05) is 55.5 Å². The molecule has 0 radical (unpaired) electrons. The van der Waals surface area contributed by atoms with E-state index in [-0.39, 0.29) is 11.8 Å². The minimum Gasteiger partial charge on any atom is -0.369 e. The molecule has 5 rings (SSSR count). The lowest BCUT2D eigenvalue weighted by molar-refractivity contribution is 0.0952. The number of likely N-dealkylation sites (N-methyl/N-ethyl adjacent to an activating group) is 1. The van der Waals surface area contributed by atoms with Gasteiger partial charge in [-0.2, -0.15) is 5.10 Å². The van der Waals surface area contributed by atoms with Crippen LogP contribution in [0.2, 0.25) is 0 Å². The summed E-state index contributed by atoms with van der Waals surface area (Å²) in [6.45, 7) is 6.56. The van der Waals surface area contributed by atoms with Crippen molar-refractivity contribution in [3.05, 3.63) is 69.5 Å². The van der Waals surface area contributed by atoms with Gasteiger partial charge >= 0.3 is 0 Å². The van der Waals surface area contributed by atoms with Gasteiger partial charge in [-0.05, 0) is 62.5 Å². The van der Waals surface area contributed by atoms with Gasteiger partial charge in [0, 0.05) is 48.4 Å². The standard InChI is InChI=1S/C26H28BrN7O2S/c1-3-34(20-6-4-5-18(27)15-20)31-25(36)22-16-21-23(29-30-26(21)37-22)28-24(35)17-7-9-19(10-8-17)33-13-11-32(2)12-14-33/h4-10,15-16H,3,11-14H2,1-2H3,(H,31,36)(H2,28,29,30,35). The van der Waals surface area contributed by atoms with Gasteiger partial charge in [-0.3, -0.25) is 25.1 Å². The Hall–Kier alpha value is -3.41. The van der Waals surface area contributed by atoms with Crippen molar-refractivity contribution < 1.29 is 9.59 Å². The van der Waals surface area contributed by atoms with Gasteiger partial charge in [-0.25, -0.2) is 0 Å². The Morgan fingerprint density at radius 1 is 1.08 bits per heavy atom. The number of carbonyl (C=O) groups excluding carboxylic acids is 2. The predicted octanol–water partition coefficient (Wildman–Crippen LogP) is 4.56. The minimum atomic E-state index is -0.237. The number of hydrazine groups is 1. The van der Waals surface area contributed by atoms with Crippen molar-refractivity contribution in [2.24, 2.45) is 0 Å². The van der Waals surface area contributed by atoms with E-state index < -0.39 is 0 Å². The first-order valence-corrected chi connectivity index (χ1v) is 13.7. The molecule has 1 fully saturated rings. The Bertz CT molecular complexity index is 1410. The normalized spacial score (nSPS) is 14.1. The molecule has 3 N–H and O–H groups in total. The van der Waals surface area contributed by atoms with Gasteiger partial charge in [0.05, 0.1) is 16.0 Å². The zero-order valence-electron chi connectivity index (χ0n) is 20.6. The van der Waals surface area contributed by atoms with Gasteiger partial charge in [0.1, 0.15) is 10.6 Å². The Labute approximate surface area is 227 Å². The van der Waals surface area contributed by atoms with Gasteiger partial charge in [0.25, 0.3) is 11.8 Å². The summed E-state index contributed by atoms with van der Waals surface area (Å²) in [6.07, 6.45) is 0. The molecule has 0 atom stereocenters. The molecule has 0 saturated carbocycles. The van der Waals surface area contributed by atoms with Crippen LogP contribution in [0.15, 0.2) is 59.1 Å². The van der Waals surface area contributed by atoms with Crippen LogP contribution in [0.5, 0.6) is 0 Å². The van der Waals surface area contributed by atoms with Crippen molar-refractivity contribution in [2.75, 3.05) is 55.0 Å². The summed E-state index contributed by atoms with van der Waals surface area (Å²) < 4.78 is 0.932. The number of hydrogen-bond donors (Lipinski definition) is 3. The largest absolute Gasteiger partial charge is 0.369 e. The maximum absolute atomic E-state index is 13.0. The number of amides is 2. The molecule has 1 saturated heterocycles. The summed E-state index contributed by atoms with van der Waals surface area (Å²) in [4.78, 5) is 31.7. The van der Waals surface area contributed by atoms with Crippen LogP contribution in [-0.4, -0.2) is 66.7 Å². The first-order chi connectivity index (χ1) is 17.9. The van der Waals surface area contributed by atoms with E-state index in [1.165, 1.54) is 11.3 Å². The summed E-state index contributed by atoms with van der Waals surface area (Å²) in [7, 11) is 2.13. The van der Waals surface area contributed by atoms with Gasteiger partial charge < -0.3 is 15.1 Å². The summed E-state index contributed by atoms with van der Waals surface area (Å²) in [5.74, 6) is -0.00105. The molecule has 1 aliphatic rings. The lowest BCUT2D eigenvalue weighted by Gasteiger charge is -2.34. The Morgan fingerprint density at radius 3 is 2.54 bits per heavy atom. The van der Waals surface area contributed by atoms with Crippen LogP contribution in [0, 0.1) is 0 Å². The topological polar surface area (TPSA) is 96.6 Å². The number of nitrogens with one attached hydrogen (secondary N) is 3. The highest BCUT2D eigenvalue weighted by atomic mass is 79.9. The van der Waals surface area contributed by atoms with Crippen LogP contribution in [-0.2, 0) is 0 Å². The van der Waals surface area contributed by atoms with Crippen LogP contribution >= 0.6 is 27.3 Å². The minimum absolute atomic E-state index is 0.235. The Kier molecular flexibility index (Phi) is 7.45. The van der Waals surface area contributed by atoms with E-state index >= 15 is 0 Å². The Balaban J connectivity index is 1.26. The lowest BCUT2D eigenvalue weighted by atomic mass is 10.1. The van der Waals surface area contributed by atoms with E-state index in [9.17, 15) is 9.59 Å². The number of benzene rings is 2. The number of hydrogen-bond acceptors (Lipinski definition) is 7. The number of H-pyrrole nitrogens is 1. The van der Waals surface area contributed by atoms with Crippen molar-refractivity contribution >= 4 is 66.5 Å². The molecule has 0 spiro atoms. The molecule has 2 aromatic heterocycles. The van der Waals surface area contributed by atoms with E-state index in [2.05, 4.69) is 53.7 Å². The fourth-order valence-electron chi connectivity index (χ4n) is 4.24. The molecule has 0 unspecified atom stereocenters. The van der Waals surface area contributed by atoms with Crippen LogP contribution in [0.3, 0.4) is 0 Å². The van der Waals surface area contributed by atoms with Crippen LogP contribution in [0.4, 0.5) is 17.2 Å². The summed E-state index contributed by atoms with van der Waals surface area (Å²) in [5.41, 5.74) is 5.50. The number of piperazine rings is 1. The molecule has 9 nitrogen and oxygen atoms in total. The second kappa shape index (κ2) is 10.9. The van der Waals surface area contributed by atoms with Crippen LogP contribution < -0.4 is 20.7 Å². The first kappa shape index (κ1) is 25.2. The maximum atomic E-state index is 13.0. The number of aromatic amines is 1. The number of aromatic nitrogens is 2. The van der Waals surface area contributed by atoms with Crippen molar-refractivity contribution in [1.82, 2.24) is 20.5 Å². The lowest BCUT2D eigenvalue weighted by Crippen LogP contribution is -2.44. The molecule has 3 heterocycles. The van der Waals surface area contributed by atoms with Crippen LogP contribution in [0.25, 0.3) is 10.2 Å². The summed E-state index contributed by atoms with van der Waals surface area (Å²) in [5, 5.41) is 12.6. The quantitative estimate of drug-likeness (QED) is 0.277. The average molecular weight is 583 g/mol. The number of nitrogens with zero attached hydrogens (tertiary/aromatic N) is 4. The second-order valence-electron chi connectivity index (χ2n) is 8.88. The summed E-state index contributed by atoms with van der Waals surface area (Å²) >= 11 is 4.74. The molecule has 0 aliphatic carbocycles. The van der Waals surface area contributed by atoms with E-state index in [0.29, 0.717) is 33.0 Å². The third-order valence-electron chi connectivity index (χ3n) is 6.38. The fourth-order valence-corrected chi connectivity index (χ4v) is 5.51. The van der Waals surface area contributed by atoms with Crippen LogP contribution in [0.1, 0.15) is 27.0 Å². The van der Waals surface area contributed by atoms with Crippen molar-refractivity contribution in [1.29, 1.82) is 0 Å².